The molecule has 68 valence electrons. The summed E-state index contributed by atoms with van der Waals surface area (Å²) in [6, 6.07) is 6.39. The van der Waals surface area contributed by atoms with Gasteiger partial charge < -0.3 is 0 Å². The number of benzene rings is 1. The van der Waals surface area contributed by atoms with Gasteiger partial charge in [0.2, 0.25) is 0 Å². The SMILES string of the molecule is CCSCc1cc(F)cc(C#N)c1. The predicted octanol–water partition coefficient (Wildman–Crippen LogP) is 2.95. The zero-order chi connectivity index (χ0) is 9.68. The molecular weight excluding hydrogens is 185 g/mol. The maximum absolute atomic E-state index is 12.9. The third-order valence-electron chi connectivity index (χ3n) is 1.56. The number of hydrogen-bond acceptors (Lipinski definition) is 2. The molecule has 0 heterocycles. The second-order valence-corrected chi connectivity index (χ2v) is 3.87. The van der Waals surface area contributed by atoms with Crippen molar-refractivity contribution in [2.24, 2.45) is 0 Å². The Morgan fingerprint density at radius 3 is 2.85 bits per heavy atom. The minimum absolute atomic E-state index is 0.328. The first-order valence-corrected chi connectivity index (χ1v) is 5.19. The lowest BCUT2D eigenvalue weighted by atomic mass is 10.1. The van der Waals surface area contributed by atoms with Crippen molar-refractivity contribution in [2.75, 3.05) is 5.75 Å². The van der Waals surface area contributed by atoms with Gasteiger partial charge in [0.1, 0.15) is 5.82 Å². The van der Waals surface area contributed by atoms with Gasteiger partial charge in [-0.1, -0.05) is 6.92 Å². The minimum Gasteiger partial charge on any atom is -0.207 e. The van der Waals surface area contributed by atoms with Crippen molar-refractivity contribution in [2.45, 2.75) is 12.7 Å². The summed E-state index contributed by atoms with van der Waals surface area (Å²) in [5.74, 6) is 1.44. The van der Waals surface area contributed by atoms with Crippen molar-refractivity contribution in [3.05, 3.63) is 35.1 Å². The van der Waals surface area contributed by atoms with Gasteiger partial charge in [0.05, 0.1) is 11.6 Å². The Kier molecular flexibility index (Phi) is 3.78. The highest BCUT2D eigenvalue weighted by Crippen LogP contribution is 2.14. The first-order valence-electron chi connectivity index (χ1n) is 4.03. The fraction of sp³-hybridized carbons (Fsp3) is 0.300. The number of nitrogens with zero attached hydrogens (tertiary/aromatic N) is 1. The highest BCUT2D eigenvalue weighted by atomic mass is 32.2. The molecule has 0 unspecified atom stereocenters. The summed E-state index contributed by atoms with van der Waals surface area (Å²) < 4.78 is 12.9. The van der Waals surface area contributed by atoms with Crippen LogP contribution in [0.25, 0.3) is 0 Å². The lowest BCUT2D eigenvalue weighted by Gasteiger charge is -2.00. The molecule has 0 aliphatic rings. The Bertz CT molecular complexity index is 330. The Labute approximate surface area is 81.6 Å². The molecule has 0 spiro atoms. The summed E-state index contributed by atoms with van der Waals surface area (Å²) in [5.41, 5.74) is 1.27. The van der Waals surface area contributed by atoms with Crippen LogP contribution < -0.4 is 0 Å². The van der Waals surface area contributed by atoms with E-state index in [0.717, 1.165) is 17.1 Å². The lowest BCUT2D eigenvalue weighted by Crippen LogP contribution is -1.86. The third-order valence-corrected chi connectivity index (χ3v) is 2.51. The largest absolute Gasteiger partial charge is 0.207 e. The molecule has 0 saturated heterocycles. The number of halogens is 1. The molecule has 0 saturated carbocycles. The van der Waals surface area contributed by atoms with Gasteiger partial charge in [0.15, 0.2) is 0 Å². The van der Waals surface area contributed by atoms with Gasteiger partial charge in [0.25, 0.3) is 0 Å². The van der Waals surface area contributed by atoms with Crippen LogP contribution in [0.5, 0.6) is 0 Å². The Morgan fingerprint density at radius 1 is 1.46 bits per heavy atom. The van der Waals surface area contributed by atoms with Gasteiger partial charge in [-0.15, -0.1) is 0 Å². The molecule has 0 amide bonds. The molecule has 0 aromatic heterocycles. The molecule has 3 heteroatoms. The molecule has 0 aliphatic carbocycles. The van der Waals surface area contributed by atoms with E-state index in [1.165, 1.54) is 12.1 Å². The quantitative estimate of drug-likeness (QED) is 0.740. The van der Waals surface area contributed by atoms with E-state index in [0.29, 0.717) is 5.56 Å². The summed E-state index contributed by atoms with van der Waals surface area (Å²) in [6.07, 6.45) is 0. The Balaban J connectivity index is 2.83. The van der Waals surface area contributed by atoms with E-state index < -0.39 is 0 Å². The average Bonchev–Trinajstić information content (AvgIpc) is 2.14. The molecule has 0 N–H and O–H groups in total. The number of hydrogen-bond donors (Lipinski definition) is 0. The average molecular weight is 195 g/mol. The molecule has 1 aromatic rings. The highest BCUT2D eigenvalue weighted by molar-refractivity contribution is 7.98. The van der Waals surface area contributed by atoms with Crippen LogP contribution >= 0.6 is 11.8 Å². The van der Waals surface area contributed by atoms with Crippen LogP contribution in [-0.2, 0) is 5.75 Å². The summed E-state index contributed by atoms with van der Waals surface area (Å²) in [6.45, 7) is 2.05. The molecular formula is C10H10FNS. The minimum atomic E-state index is -0.328. The first kappa shape index (κ1) is 10.1. The van der Waals surface area contributed by atoms with Crippen molar-refractivity contribution in [3.63, 3.8) is 0 Å². The van der Waals surface area contributed by atoms with E-state index in [1.807, 2.05) is 6.07 Å². The van der Waals surface area contributed by atoms with Crippen LogP contribution in [0, 0.1) is 17.1 Å². The Hall–Kier alpha value is -1.01. The van der Waals surface area contributed by atoms with Gasteiger partial charge in [-0.05, 0) is 29.5 Å². The maximum Gasteiger partial charge on any atom is 0.124 e. The highest BCUT2D eigenvalue weighted by Gasteiger charge is 1.99. The standard InChI is InChI=1S/C10H10FNS/c1-2-13-7-9-3-8(6-12)4-10(11)5-9/h3-5H,2,7H2,1H3. The molecule has 0 bridgehead atoms. The lowest BCUT2D eigenvalue weighted by molar-refractivity contribution is 0.626. The zero-order valence-corrected chi connectivity index (χ0v) is 8.20. The molecule has 0 aliphatic heterocycles. The maximum atomic E-state index is 12.9. The summed E-state index contributed by atoms with van der Waals surface area (Å²) in [5, 5.41) is 8.59. The van der Waals surface area contributed by atoms with Crippen LogP contribution in [-0.4, -0.2) is 5.75 Å². The number of nitriles is 1. The topological polar surface area (TPSA) is 23.8 Å². The first-order chi connectivity index (χ1) is 6.26. The fourth-order valence-corrected chi connectivity index (χ4v) is 1.62. The molecule has 0 atom stereocenters. The van der Waals surface area contributed by atoms with Crippen molar-refractivity contribution in [1.82, 2.24) is 0 Å². The smallest absolute Gasteiger partial charge is 0.124 e. The van der Waals surface area contributed by atoms with E-state index in [2.05, 4.69) is 6.92 Å². The van der Waals surface area contributed by atoms with Crippen LogP contribution in [0.15, 0.2) is 18.2 Å². The van der Waals surface area contributed by atoms with Crippen molar-refractivity contribution in [3.8, 4) is 6.07 Å². The van der Waals surface area contributed by atoms with Crippen LogP contribution in [0.1, 0.15) is 18.1 Å². The molecule has 0 radical (unpaired) electrons. The Morgan fingerprint density at radius 2 is 2.23 bits per heavy atom. The third kappa shape index (κ3) is 3.08. The van der Waals surface area contributed by atoms with Crippen LogP contribution in [0.3, 0.4) is 0 Å². The summed E-state index contributed by atoms with van der Waals surface area (Å²) >= 11 is 1.71. The summed E-state index contributed by atoms with van der Waals surface area (Å²) in [7, 11) is 0. The predicted molar refractivity (Wildman–Crippen MR) is 53.0 cm³/mol. The van der Waals surface area contributed by atoms with E-state index in [-0.39, 0.29) is 5.82 Å². The van der Waals surface area contributed by atoms with Gasteiger partial charge >= 0.3 is 0 Å². The summed E-state index contributed by atoms with van der Waals surface area (Å²) in [4.78, 5) is 0. The van der Waals surface area contributed by atoms with Crippen molar-refractivity contribution >= 4 is 11.8 Å². The normalized spacial score (nSPS) is 9.62. The molecule has 13 heavy (non-hydrogen) atoms. The van der Waals surface area contributed by atoms with E-state index in [9.17, 15) is 4.39 Å². The fourth-order valence-electron chi connectivity index (χ4n) is 1.02. The van der Waals surface area contributed by atoms with Crippen LogP contribution in [0.4, 0.5) is 4.39 Å². The molecule has 0 fully saturated rings. The second kappa shape index (κ2) is 4.88. The van der Waals surface area contributed by atoms with Gasteiger partial charge in [0, 0.05) is 5.75 Å². The van der Waals surface area contributed by atoms with Gasteiger partial charge in [-0.2, -0.15) is 17.0 Å². The number of thioether (sulfide) groups is 1. The van der Waals surface area contributed by atoms with Crippen LogP contribution in [0.2, 0.25) is 0 Å². The molecule has 1 rings (SSSR count). The monoisotopic (exact) mass is 195 g/mol. The van der Waals surface area contributed by atoms with Gasteiger partial charge in [-0.25, -0.2) is 4.39 Å². The van der Waals surface area contributed by atoms with Crippen molar-refractivity contribution in [1.29, 1.82) is 5.26 Å². The zero-order valence-electron chi connectivity index (χ0n) is 7.38. The molecule has 1 nitrogen and oxygen atoms in total. The van der Waals surface area contributed by atoms with Crippen molar-refractivity contribution < 1.29 is 4.39 Å². The van der Waals surface area contributed by atoms with E-state index in [4.69, 9.17) is 5.26 Å². The number of rotatable bonds is 3. The van der Waals surface area contributed by atoms with Gasteiger partial charge in [-0.3, -0.25) is 0 Å². The molecule has 1 aromatic carbocycles. The second-order valence-electron chi connectivity index (χ2n) is 2.60. The van der Waals surface area contributed by atoms with E-state index >= 15 is 0 Å². The van der Waals surface area contributed by atoms with E-state index in [1.54, 1.807) is 17.8 Å².